The van der Waals surface area contributed by atoms with E-state index < -0.39 is 5.41 Å². The number of fused-ring (bicyclic) bond motifs is 17. The Labute approximate surface area is 560 Å². The smallest absolute Gasteiger partial charge is 0.160 e. The number of furan rings is 2. The molecule has 0 aliphatic heterocycles. The molecule has 0 amide bonds. The fourth-order valence-corrected chi connectivity index (χ4v) is 16.6. The molecule has 20 rings (SSSR count). The highest BCUT2D eigenvalue weighted by Crippen LogP contribution is 2.62. The number of hydrogen-bond donors (Lipinski definition) is 0. The molecule has 2 heterocycles. The fraction of sp³-hybridized carbons (Fsp3) is 0.0108. The molecule has 4 nitrogen and oxygen atoms in total. The minimum atomic E-state index is -0.858. The van der Waals surface area contributed by atoms with E-state index in [2.05, 4.69) is 362 Å². The third-order valence-corrected chi connectivity index (χ3v) is 20.6. The monoisotopic (exact) mass is 1230 g/mol. The molecule has 452 valence electrons. The molecule has 0 fully saturated rings. The van der Waals surface area contributed by atoms with Gasteiger partial charge in [-0.1, -0.05) is 297 Å². The predicted molar refractivity (Wildman–Crippen MR) is 406 cm³/mol. The summed E-state index contributed by atoms with van der Waals surface area (Å²) in [6.45, 7) is 0. The average Bonchev–Trinajstić information content (AvgIpc) is 1.43. The Morgan fingerprint density at radius 2 is 0.608 bits per heavy atom. The van der Waals surface area contributed by atoms with Crippen molar-refractivity contribution in [2.45, 2.75) is 5.41 Å². The number of hydrogen-bond acceptors (Lipinski definition) is 4. The molecule has 0 spiro atoms. The van der Waals surface area contributed by atoms with E-state index >= 15 is 0 Å². The largest absolute Gasteiger partial charge is 0.453 e. The number of anilines is 6. The van der Waals surface area contributed by atoms with Crippen LogP contribution >= 0.6 is 0 Å². The van der Waals surface area contributed by atoms with Crippen LogP contribution in [0.25, 0.3) is 131 Å². The fourth-order valence-electron chi connectivity index (χ4n) is 16.6. The van der Waals surface area contributed by atoms with Crippen LogP contribution in [-0.4, -0.2) is 0 Å². The Hall–Kier alpha value is -12.8. The molecule has 0 N–H and O–H groups in total. The quantitative estimate of drug-likeness (QED) is 0.137. The van der Waals surface area contributed by atoms with E-state index in [1.54, 1.807) is 0 Å². The summed E-state index contributed by atoms with van der Waals surface area (Å²) < 4.78 is 15.2. The normalized spacial score (nSPS) is 12.6. The Morgan fingerprint density at radius 3 is 1.13 bits per heavy atom. The average molecular weight is 1240 g/mol. The van der Waals surface area contributed by atoms with E-state index in [1.807, 2.05) is 0 Å². The van der Waals surface area contributed by atoms with Gasteiger partial charge in [-0.05, 0) is 148 Å². The molecule has 1 aliphatic rings. The van der Waals surface area contributed by atoms with Gasteiger partial charge < -0.3 is 18.6 Å². The van der Waals surface area contributed by atoms with Gasteiger partial charge in [-0.25, -0.2) is 0 Å². The van der Waals surface area contributed by atoms with Gasteiger partial charge >= 0.3 is 0 Å². The first kappa shape index (κ1) is 54.8. The lowest BCUT2D eigenvalue weighted by atomic mass is 9.67. The molecule has 1 aliphatic carbocycles. The van der Waals surface area contributed by atoms with Gasteiger partial charge in [0.15, 0.2) is 11.2 Å². The highest BCUT2D eigenvalue weighted by Gasteiger charge is 2.48. The predicted octanol–water partition coefficient (Wildman–Crippen LogP) is 25.9. The first-order chi connectivity index (χ1) is 48.2. The maximum absolute atomic E-state index is 7.65. The minimum absolute atomic E-state index is 0.818. The molecular formula is C93H58N2O2. The van der Waals surface area contributed by atoms with Crippen LogP contribution in [0.15, 0.2) is 361 Å². The van der Waals surface area contributed by atoms with Crippen molar-refractivity contribution in [3.8, 4) is 33.4 Å². The van der Waals surface area contributed by atoms with Crippen LogP contribution in [-0.2, 0) is 5.41 Å². The molecule has 4 heteroatoms. The van der Waals surface area contributed by atoms with E-state index in [9.17, 15) is 0 Å². The summed E-state index contributed by atoms with van der Waals surface area (Å²) in [5, 5.41) is 15.9. The highest BCUT2D eigenvalue weighted by atomic mass is 16.3. The second-order valence-electron chi connectivity index (χ2n) is 25.7. The Bertz CT molecular complexity index is 6340. The summed E-state index contributed by atoms with van der Waals surface area (Å²) >= 11 is 0. The van der Waals surface area contributed by atoms with Gasteiger partial charge in [0.1, 0.15) is 11.2 Å². The van der Waals surface area contributed by atoms with E-state index in [0.717, 1.165) is 144 Å². The summed E-state index contributed by atoms with van der Waals surface area (Å²) in [5.41, 5.74) is 19.9. The van der Waals surface area contributed by atoms with Gasteiger partial charge in [-0.2, -0.15) is 0 Å². The van der Waals surface area contributed by atoms with E-state index in [4.69, 9.17) is 8.83 Å². The lowest BCUT2D eigenvalue weighted by molar-refractivity contribution is 0.670. The molecule has 17 aromatic carbocycles. The van der Waals surface area contributed by atoms with Gasteiger partial charge in [-0.3, -0.25) is 0 Å². The molecule has 0 saturated carbocycles. The van der Waals surface area contributed by atoms with Gasteiger partial charge in [-0.15, -0.1) is 0 Å². The zero-order chi connectivity index (χ0) is 63.7. The number of benzene rings is 17. The van der Waals surface area contributed by atoms with E-state index in [1.165, 1.54) is 43.8 Å². The van der Waals surface area contributed by atoms with Crippen LogP contribution < -0.4 is 9.80 Å². The lowest BCUT2D eigenvalue weighted by Crippen LogP contribution is -2.29. The van der Waals surface area contributed by atoms with Crippen LogP contribution in [0.1, 0.15) is 22.3 Å². The van der Waals surface area contributed by atoms with Gasteiger partial charge in [0.25, 0.3) is 0 Å². The van der Waals surface area contributed by atoms with Crippen molar-refractivity contribution >= 4 is 132 Å². The molecule has 0 bridgehead atoms. The first-order valence-electron chi connectivity index (χ1n) is 33.4. The van der Waals surface area contributed by atoms with Crippen molar-refractivity contribution in [2.75, 3.05) is 9.80 Å². The summed E-state index contributed by atoms with van der Waals surface area (Å²) in [5.74, 6) is 0. The maximum atomic E-state index is 7.65. The molecule has 0 saturated heterocycles. The number of para-hydroxylation sites is 4. The summed E-state index contributed by atoms with van der Waals surface area (Å²) in [4.78, 5) is 4.91. The minimum Gasteiger partial charge on any atom is -0.453 e. The van der Waals surface area contributed by atoms with Crippen LogP contribution in [0.3, 0.4) is 0 Å². The Kier molecular flexibility index (Phi) is 12.2. The van der Waals surface area contributed by atoms with Gasteiger partial charge in [0.2, 0.25) is 0 Å². The third kappa shape index (κ3) is 8.17. The maximum Gasteiger partial charge on any atom is 0.160 e. The van der Waals surface area contributed by atoms with Crippen molar-refractivity contribution < 1.29 is 8.83 Å². The van der Waals surface area contributed by atoms with Crippen molar-refractivity contribution in [3.63, 3.8) is 0 Å². The molecular weight excluding hydrogens is 1180 g/mol. The SMILES string of the molecule is c1ccc(N(c2ccc3c(c2)C(c2ccccc2)(c2ccccc2)c2cc(N(c4ccccc4)c4cc5ccccc5c5c4oc4c(-c6cccc7ccccc67)cccc45)c4ccccc4c2-3)c2cc3ccccc3c3c2oc2c(-c4cccc5ccccc45)cccc23)cc1. The second kappa shape index (κ2) is 21.7. The standard InChI is InChI=1S/C93H58N2O2/c1-5-33-63(34-6-1)93(64-35-7-2-8-36-64)81-57-67(94(65-37-9-3-10-38-65)84-55-61-29-15-19-43-70(61)87-79-51-25-49-76(89(79)96-91(84)87)72-47-23-31-59-27-13-17-41-68(59)72)53-54-78(81)86-75-46-22-21-45-74(75)83(58-82(86)93)95(66-39-11-4-12-40-66)85-56-62-30-16-20-44-71(62)88-80-52-26-50-77(90(80)97-92(85)88)73-48-24-32-60-28-14-18-42-69(60)73/h1-58H. The van der Waals surface area contributed by atoms with Crippen LogP contribution in [0.5, 0.6) is 0 Å². The van der Waals surface area contributed by atoms with E-state index in [-0.39, 0.29) is 0 Å². The third-order valence-electron chi connectivity index (χ3n) is 20.6. The summed E-state index contributed by atoms with van der Waals surface area (Å²) in [6, 6.07) is 129. The zero-order valence-corrected chi connectivity index (χ0v) is 52.7. The molecule has 2 aromatic heterocycles. The van der Waals surface area contributed by atoms with Gasteiger partial charge in [0, 0.05) is 55.1 Å². The van der Waals surface area contributed by atoms with Crippen molar-refractivity contribution in [1.29, 1.82) is 0 Å². The summed E-state index contributed by atoms with van der Waals surface area (Å²) in [6.07, 6.45) is 0. The van der Waals surface area contributed by atoms with Crippen molar-refractivity contribution in [1.82, 2.24) is 0 Å². The zero-order valence-electron chi connectivity index (χ0n) is 52.7. The first-order valence-corrected chi connectivity index (χ1v) is 33.4. The second-order valence-corrected chi connectivity index (χ2v) is 25.7. The number of nitrogens with zero attached hydrogens (tertiary/aromatic N) is 2. The molecule has 0 radical (unpaired) electrons. The van der Waals surface area contributed by atoms with E-state index in [0.29, 0.717) is 0 Å². The molecule has 0 atom stereocenters. The Balaban J connectivity index is 0.865. The van der Waals surface area contributed by atoms with Gasteiger partial charge in [0.05, 0.1) is 22.5 Å². The molecule has 97 heavy (non-hydrogen) atoms. The Morgan fingerprint density at radius 1 is 0.216 bits per heavy atom. The van der Waals surface area contributed by atoms with Crippen LogP contribution in [0.2, 0.25) is 0 Å². The molecule has 19 aromatic rings. The van der Waals surface area contributed by atoms with Crippen LogP contribution in [0, 0.1) is 0 Å². The molecule has 0 unspecified atom stereocenters. The summed E-state index contributed by atoms with van der Waals surface area (Å²) in [7, 11) is 0. The van der Waals surface area contributed by atoms with Crippen molar-refractivity contribution in [3.05, 3.63) is 374 Å². The topological polar surface area (TPSA) is 32.8 Å². The van der Waals surface area contributed by atoms with Crippen molar-refractivity contribution in [2.24, 2.45) is 0 Å². The van der Waals surface area contributed by atoms with Crippen LogP contribution in [0.4, 0.5) is 34.1 Å². The lowest BCUT2D eigenvalue weighted by Gasteiger charge is -2.36. The highest BCUT2D eigenvalue weighted by molar-refractivity contribution is 6.27. The number of rotatable bonds is 10.